The molecule has 2 amide bonds. The van der Waals surface area contributed by atoms with Gasteiger partial charge in [-0.15, -0.1) is 0 Å². The monoisotopic (exact) mass is 349 g/mol. The van der Waals surface area contributed by atoms with Gasteiger partial charge in [0.25, 0.3) is 5.97 Å². The molecule has 0 radical (unpaired) electrons. The molecule has 24 heavy (non-hydrogen) atoms. The second kappa shape index (κ2) is 10.9. The zero-order chi connectivity index (χ0) is 18.7. The first-order chi connectivity index (χ1) is 11.2. The second-order valence-corrected chi connectivity index (χ2v) is 4.25. The van der Waals surface area contributed by atoms with Crippen LogP contribution in [0.1, 0.15) is 24.7 Å². The van der Waals surface area contributed by atoms with Gasteiger partial charge in [-0.3, -0.25) is 4.79 Å². The van der Waals surface area contributed by atoms with Crippen molar-refractivity contribution in [3.63, 3.8) is 0 Å². The lowest BCUT2D eigenvalue weighted by Crippen LogP contribution is -2.47. The Morgan fingerprint density at radius 3 is 2.29 bits per heavy atom. The minimum atomic E-state index is -1.41. The van der Waals surface area contributed by atoms with Crippen molar-refractivity contribution in [3.8, 4) is 0 Å². The number of carbonyl (C=O) groups is 3. The summed E-state index contributed by atoms with van der Waals surface area (Å²) in [6.07, 6.45) is 0. The van der Waals surface area contributed by atoms with Crippen molar-refractivity contribution in [1.29, 1.82) is 0 Å². The van der Waals surface area contributed by atoms with E-state index in [-0.39, 0.29) is 24.9 Å². The fourth-order valence-electron chi connectivity index (χ4n) is 1.12. The number of carbonyl (C=O) groups excluding carboxylic acids is 1. The van der Waals surface area contributed by atoms with Crippen molar-refractivity contribution < 1.29 is 39.3 Å². The summed E-state index contributed by atoms with van der Waals surface area (Å²) >= 11 is 0. The highest BCUT2D eigenvalue weighted by atomic mass is 16.5. The number of nitrogens with one attached hydrogen (secondary N) is 2. The van der Waals surface area contributed by atoms with E-state index in [4.69, 9.17) is 35.5 Å². The number of amides is 2. The Morgan fingerprint density at radius 2 is 1.83 bits per heavy atom. The Morgan fingerprint density at radius 1 is 1.25 bits per heavy atom. The number of hydrogen-bond donors (Lipinski definition) is 7. The Hall–Kier alpha value is -2.77. The van der Waals surface area contributed by atoms with Gasteiger partial charge in [0, 0.05) is 6.92 Å². The van der Waals surface area contributed by atoms with Crippen LogP contribution in [0.4, 0.5) is 4.79 Å². The summed E-state index contributed by atoms with van der Waals surface area (Å²) in [4.78, 5) is 34.7. The molecule has 2 atom stereocenters. The van der Waals surface area contributed by atoms with E-state index in [2.05, 4.69) is 15.5 Å². The number of carboxylic acids is 2. The van der Waals surface area contributed by atoms with Crippen LogP contribution in [-0.2, 0) is 16.1 Å². The first-order valence-corrected chi connectivity index (χ1v) is 6.47. The number of nitrogens with zero attached hydrogens (tertiary/aromatic N) is 2. The molecule has 1 rings (SSSR count). The van der Waals surface area contributed by atoms with E-state index >= 15 is 0 Å². The van der Waals surface area contributed by atoms with Crippen LogP contribution < -0.4 is 16.4 Å². The van der Waals surface area contributed by atoms with Gasteiger partial charge in [0.15, 0.2) is 11.9 Å². The van der Waals surface area contributed by atoms with Crippen molar-refractivity contribution in [3.05, 3.63) is 11.7 Å². The lowest BCUT2D eigenvalue weighted by atomic mass is 10.3. The highest BCUT2D eigenvalue weighted by Gasteiger charge is 2.19. The van der Waals surface area contributed by atoms with Crippen LogP contribution in [0, 0.1) is 0 Å². The second-order valence-electron chi connectivity index (χ2n) is 4.25. The summed E-state index contributed by atoms with van der Waals surface area (Å²) in [6, 6.07) is -3.01. The van der Waals surface area contributed by atoms with Crippen molar-refractivity contribution in [2.75, 3.05) is 13.2 Å². The van der Waals surface area contributed by atoms with Crippen LogP contribution in [0.25, 0.3) is 0 Å². The molecule has 0 fully saturated rings. The molecule has 0 aliphatic carbocycles. The third-order valence-electron chi connectivity index (χ3n) is 2.20. The quantitative estimate of drug-likeness (QED) is 0.270. The van der Waals surface area contributed by atoms with Crippen LogP contribution in [0.3, 0.4) is 0 Å². The molecule has 1 aromatic heterocycles. The van der Waals surface area contributed by atoms with Gasteiger partial charge in [-0.2, -0.15) is 4.98 Å². The fraction of sp³-hybridized carbons (Fsp3) is 0.545. The summed E-state index contributed by atoms with van der Waals surface area (Å²) in [5, 5.41) is 41.3. The zero-order valence-electron chi connectivity index (χ0n) is 12.7. The molecular weight excluding hydrogens is 330 g/mol. The first-order valence-electron chi connectivity index (χ1n) is 6.47. The van der Waals surface area contributed by atoms with Gasteiger partial charge in [0.1, 0.15) is 0 Å². The summed E-state index contributed by atoms with van der Waals surface area (Å²) in [5.74, 6) is -2.07. The van der Waals surface area contributed by atoms with E-state index in [1.54, 1.807) is 0 Å². The maximum atomic E-state index is 11.3. The van der Waals surface area contributed by atoms with Crippen LogP contribution in [-0.4, -0.2) is 67.8 Å². The van der Waals surface area contributed by atoms with Crippen LogP contribution in [0.5, 0.6) is 0 Å². The fourth-order valence-corrected chi connectivity index (χ4v) is 1.12. The van der Waals surface area contributed by atoms with Crippen molar-refractivity contribution in [1.82, 2.24) is 20.8 Å². The Balaban J connectivity index is 0.00000118. The summed E-state index contributed by atoms with van der Waals surface area (Å²) in [7, 11) is 0. The summed E-state index contributed by atoms with van der Waals surface area (Å²) in [5.41, 5.74) is 5.45. The molecule has 8 N–H and O–H groups in total. The molecule has 0 saturated carbocycles. The number of aliphatic hydroxyl groups is 2. The topological polar surface area (TPSA) is 221 Å². The van der Waals surface area contributed by atoms with Crippen molar-refractivity contribution in [2.45, 2.75) is 25.6 Å². The Kier molecular flexibility index (Phi) is 9.62. The minimum absolute atomic E-state index is 0.0370. The predicted octanol–water partition coefficient (Wildman–Crippen LogP) is -2.60. The van der Waals surface area contributed by atoms with Gasteiger partial charge in [-0.05, 0) is 0 Å². The standard InChI is InChI=1S/C9H15N5O6.C2H4O2/c10-4(2-15)7-13-6(20-14-7)1-11-9(19)12-5(3-16)8(17)18;1-2(3)4/h4-5,15-16H,1-3,10H2,(H,17,18)(H2,11,12,19);1H3,(H,3,4). The van der Waals surface area contributed by atoms with Crippen LogP contribution >= 0.6 is 0 Å². The molecular formula is C11H19N5O8. The third-order valence-corrected chi connectivity index (χ3v) is 2.20. The van der Waals surface area contributed by atoms with Gasteiger partial charge < -0.3 is 41.3 Å². The molecule has 1 heterocycles. The maximum absolute atomic E-state index is 11.3. The molecule has 0 aromatic carbocycles. The number of carboxylic acid groups (broad SMARTS) is 2. The van der Waals surface area contributed by atoms with Gasteiger partial charge in [0.05, 0.1) is 25.8 Å². The number of aromatic nitrogens is 2. The largest absolute Gasteiger partial charge is 0.481 e. The smallest absolute Gasteiger partial charge is 0.328 e. The van der Waals surface area contributed by atoms with Crippen molar-refractivity contribution in [2.24, 2.45) is 5.73 Å². The van der Waals surface area contributed by atoms with Gasteiger partial charge in [0.2, 0.25) is 5.89 Å². The molecule has 0 spiro atoms. The van der Waals surface area contributed by atoms with E-state index in [0.29, 0.717) is 0 Å². The number of aliphatic carboxylic acids is 2. The molecule has 0 aliphatic heterocycles. The molecule has 13 heteroatoms. The van der Waals surface area contributed by atoms with E-state index in [1.807, 2.05) is 5.32 Å². The van der Waals surface area contributed by atoms with Gasteiger partial charge in [-0.25, -0.2) is 9.59 Å². The van der Waals surface area contributed by atoms with Crippen molar-refractivity contribution >= 4 is 18.0 Å². The number of aliphatic hydroxyl groups excluding tert-OH is 2. The number of urea groups is 1. The van der Waals surface area contributed by atoms with Crippen LogP contribution in [0.2, 0.25) is 0 Å². The predicted molar refractivity (Wildman–Crippen MR) is 75.5 cm³/mol. The lowest BCUT2D eigenvalue weighted by Gasteiger charge is -2.11. The number of rotatable bonds is 7. The molecule has 0 bridgehead atoms. The normalized spacial score (nSPS) is 12.3. The molecule has 2 unspecified atom stereocenters. The molecule has 13 nitrogen and oxygen atoms in total. The Bertz CT molecular complexity index is 544. The molecule has 136 valence electrons. The minimum Gasteiger partial charge on any atom is -0.481 e. The SMILES string of the molecule is CC(=O)O.NC(CO)c1noc(CNC(=O)NC(CO)C(=O)O)n1. The van der Waals surface area contributed by atoms with E-state index in [0.717, 1.165) is 6.92 Å². The Labute approximate surface area is 135 Å². The molecule has 0 saturated heterocycles. The number of hydrogen-bond acceptors (Lipinski definition) is 9. The first kappa shape index (κ1) is 21.2. The van der Waals surface area contributed by atoms with Crippen LogP contribution in [0.15, 0.2) is 4.52 Å². The average molecular weight is 349 g/mol. The summed E-state index contributed by atoms with van der Waals surface area (Å²) in [6.45, 7) is -0.169. The highest BCUT2D eigenvalue weighted by molar-refractivity contribution is 5.82. The molecule has 0 aliphatic rings. The average Bonchev–Trinajstić information content (AvgIpc) is 2.97. The van der Waals surface area contributed by atoms with E-state index in [1.165, 1.54) is 0 Å². The van der Waals surface area contributed by atoms with Gasteiger partial charge >= 0.3 is 12.0 Å². The molecule has 1 aromatic rings. The zero-order valence-corrected chi connectivity index (χ0v) is 12.7. The third kappa shape index (κ3) is 8.62. The maximum Gasteiger partial charge on any atom is 0.328 e. The highest BCUT2D eigenvalue weighted by Crippen LogP contribution is 2.04. The summed E-state index contributed by atoms with van der Waals surface area (Å²) < 4.78 is 4.76. The van der Waals surface area contributed by atoms with E-state index < -0.39 is 36.7 Å². The van der Waals surface area contributed by atoms with E-state index in [9.17, 15) is 9.59 Å². The lowest BCUT2D eigenvalue weighted by molar-refractivity contribution is -0.140. The number of nitrogens with two attached hydrogens (primary N) is 1. The van der Waals surface area contributed by atoms with Gasteiger partial charge in [-0.1, -0.05) is 5.16 Å².